The van der Waals surface area contributed by atoms with Crippen LogP contribution in [0.1, 0.15) is 12.8 Å². The normalized spacial score (nSPS) is 22.2. The van der Waals surface area contributed by atoms with Crippen molar-refractivity contribution in [1.82, 2.24) is 14.8 Å². The van der Waals surface area contributed by atoms with E-state index in [-0.39, 0.29) is 0 Å². The Morgan fingerprint density at radius 1 is 1.44 bits per heavy atom. The molecule has 1 atom stereocenters. The first-order valence-corrected chi connectivity index (χ1v) is 7.06. The molecular weight excluding hydrogens is 230 g/mol. The van der Waals surface area contributed by atoms with Crippen molar-refractivity contribution < 1.29 is 13.2 Å². The molecule has 0 aromatic rings. The number of piperidine rings is 1. The highest BCUT2D eigenvalue weighted by Crippen LogP contribution is 2.08. The average molecular weight is 251 g/mol. The van der Waals surface area contributed by atoms with Gasteiger partial charge in [-0.2, -0.15) is 13.1 Å². The summed E-state index contributed by atoms with van der Waals surface area (Å²) in [5.74, 6) is 0.396. The number of nitrogens with one attached hydrogen (secondary N) is 3. The summed E-state index contributed by atoms with van der Waals surface area (Å²) < 4.78 is 32.6. The molecule has 0 aromatic heterocycles. The van der Waals surface area contributed by atoms with Crippen LogP contribution in [-0.4, -0.2) is 48.3 Å². The molecule has 1 unspecified atom stereocenters. The zero-order valence-electron chi connectivity index (χ0n) is 9.66. The second-order valence-electron chi connectivity index (χ2n) is 3.95. The van der Waals surface area contributed by atoms with Crippen LogP contribution >= 0.6 is 0 Å². The third kappa shape index (κ3) is 5.76. The quantitative estimate of drug-likeness (QED) is 0.510. The molecule has 0 spiro atoms. The summed E-state index contributed by atoms with van der Waals surface area (Å²) in [6.07, 6.45) is 2.19. The van der Waals surface area contributed by atoms with Crippen molar-refractivity contribution in [3.8, 4) is 0 Å². The Hall–Kier alpha value is -0.210. The first kappa shape index (κ1) is 13.9. The molecule has 1 fully saturated rings. The largest absolute Gasteiger partial charge is 0.383 e. The molecule has 1 aliphatic rings. The molecule has 1 aliphatic heterocycles. The van der Waals surface area contributed by atoms with E-state index >= 15 is 0 Å². The van der Waals surface area contributed by atoms with Crippen LogP contribution in [0.25, 0.3) is 0 Å². The van der Waals surface area contributed by atoms with Crippen LogP contribution < -0.4 is 14.8 Å². The summed E-state index contributed by atoms with van der Waals surface area (Å²) in [4.78, 5) is 0. The monoisotopic (exact) mass is 251 g/mol. The van der Waals surface area contributed by atoms with Crippen molar-refractivity contribution >= 4 is 10.2 Å². The van der Waals surface area contributed by atoms with E-state index in [4.69, 9.17) is 4.74 Å². The van der Waals surface area contributed by atoms with Gasteiger partial charge in [0.05, 0.1) is 6.61 Å². The molecule has 0 aromatic carbocycles. The Bertz CT molecular complexity index is 276. The summed E-state index contributed by atoms with van der Waals surface area (Å²) in [7, 11) is -1.82. The van der Waals surface area contributed by atoms with Gasteiger partial charge >= 0.3 is 0 Å². The van der Waals surface area contributed by atoms with Crippen LogP contribution in [0.5, 0.6) is 0 Å². The van der Waals surface area contributed by atoms with Crippen molar-refractivity contribution in [3.63, 3.8) is 0 Å². The van der Waals surface area contributed by atoms with Crippen LogP contribution in [0.4, 0.5) is 0 Å². The number of rotatable bonds is 7. The van der Waals surface area contributed by atoms with Crippen molar-refractivity contribution in [2.24, 2.45) is 5.92 Å². The molecule has 6 nitrogen and oxygen atoms in total. The predicted molar refractivity (Wildman–Crippen MR) is 62.4 cm³/mol. The predicted octanol–water partition coefficient (Wildman–Crippen LogP) is -0.944. The minimum absolute atomic E-state index is 0.300. The van der Waals surface area contributed by atoms with E-state index in [1.807, 2.05) is 0 Å². The summed E-state index contributed by atoms with van der Waals surface area (Å²) in [5.41, 5.74) is 0. The van der Waals surface area contributed by atoms with Crippen LogP contribution in [0.15, 0.2) is 0 Å². The van der Waals surface area contributed by atoms with E-state index in [9.17, 15) is 8.42 Å². The Kier molecular flexibility index (Phi) is 6.22. The van der Waals surface area contributed by atoms with E-state index < -0.39 is 10.2 Å². The van der Waals surface area contributed by atoms with Gasteiger partial charge in [-0.25, -0.2) is 4.72 Å². The molecule has 16 heavy (non-hydrogen) atoms. The molecule has 0 bridgehead atoms. The highest BCUT2D eigenvalue weighted by molar-refractivity contribution is 7.87. The van der Waals surface area contributed by atoms with Gasteiger partial charge in [0, 0.05) is 20.2 Å². The fraction of sp³-hybridized carbons (Fsp3) is 1.00. The lowest BCUT2D eigenvalue weighted by Gasteiger charge is -2.22. The number of ether oxygens (including phenoxy) is 1. The minimum atomic E-state index is -3.36. The van der Waals surface area contributed by atoms with Crippen LogP contribution in [0, 0.1) is 5.92 Å². The molecule has 0 saturated carbocycles. The van der Waals surface area contributed by atoms with E-state index in [2.05, 4.69) is 14.8 Å². The average Bonchev–Trinajstić information content (AvgIpc) is 2.28. The Balaban J connectivity index is 2.18. The van der Waals surface area contributed by atoms with Crippen LogP contribution in [0.2, 0.25) is 0 Å². The molecule has 7 heteroatoms. The van der Waals surface area contributed by atoms with E-state index in [1.165, 1.54) is 7.11 Å². The van der Waals surface area contributed by atoms with Gasteiger partial charge in [0.15, 0.2) is 0 Å². The summed E-state index contributed by atoms with van der Waals surface area (Å²) in [6.45, 7) is 3.10. The van der Waals surface area contributed by atoms with Crippen molar-refractivity contribution in [2.75, 3.05) is 39.9 Å². The molecule has 0 aliphatic carbocycles. The summed E-state index contributed by atoms with van der Waals surface area (Å²) >= 11 is 0. The lowest BCUT2D eigenvalue weighted by molar-refractivity contribution is 0.204. The lowest BCUT2D eigenvalue weighted by Crippen LogP contribution is -2.43. The second-order valence-corrected chi connectivity index (χ2v) is 5.54. The Morgan fingerprint density at radius 2 is 2.25 bits per heavy atom. The molecular formula is C9H21N3O3S. The molecule has 1 heterocycles. The molecule has 3 N–H and O–H groups in total. The second kappa shape index (κ2) is 7.18. The molecule has 0 amide bonds. The smallest absolute Gasteiger partial charge is 0.276 e. The van der Waals surface area contributed by atoms with Gasteiger partial charge in [0.1, 0.15) is 0 Å². The zero-order chi connectivity index (χ0) is 11.9. The number of methoxy groups -OCH3 is 1. The Labute approximate surface area is 97.3 Å². The molecule has 1 rings (SSSR count). The van der Waals surface area contributed by atoms with Gasteiger partial charge in [0.2, 0.25) is 0 Å². The highest BCUT2D eigenvalue weighted by Gasteiger charge is 2.16. The number of hydrogen-bond acceptors (Lipinski definition) is 4. The van der Waals surface area contributed by atoms with Gasteiger partial charge < -0.3 is 10.1 Å². The highest BCUT2D eigenvalue weighted by atomic mass is 32.2. The van der Waals surface area contributed by atoms with E-state index in [0.717, 1.165) is 25.9 Å². The van der Waals surface area contributed by atoms with Gasteiger partial charge in [-0.1, -0.05) is 0 Å². The fourth-order valence-electron chi connectivity index (χ4n) is 1.65. The first-order valence-electron chi connectivity index (χ1n) is 5.58. The Morgan fingerprint density at radius 3 is 2.88 bits per heavy atom. The third-order valence-electron chi connectivity index (χ3n) is 2.56. The van der Waals surface area contributed by atoms with Crippen molar-refractivity contribution in [3.05, 3.63) is 0 Å². The van der Waals surface area contributed by atoms with E-state index in [1.54, 1.807) is 0 Å². The van der Waals surface area contributed by atoms with Gasteiger partial charge in [-0.05, 0) is 31.8 Å². The van der Waals surface area contributed by atoms with Crippen LogP contribution in [0.3, 0.4) is 0 Å². The SMILES string of the molecule is COCCNS(=O)(=O)NCC1CCCNC1. The van der Waals surface area contributed by atoms with E-state index in [0.29, 0.717) is 25.6 Å². The third-order valence-corrected chi connectivity index (χ3v) is 3.69. The lowest BCUT2D eigenvalue weighted by atomic mass is 10.0. The zero-order valence-corrected chi connectivity index (χ0v) is 10.5. The molecule has 0 radical (unpaired) electrons. The van der Waals surface area contributed by atoms with Crippen molar-refractivity contribution in [1.29, 1.82) is 0 Å². The fourth-order valence-corrected chi connectivity index (χ4v) is 2.56. The molecule has 96 valence electrons. The maximum absolute atomic E-state index is 11.4. The van der Waals surface area contributed by atoms with Gasteiger partial charge in [0.25, 0.3) is 10.2 Å². The topological polar surface area (TPSA) is 79.5 Å². The minimum Gasteiger partial charge on any atom is -0.383 e. The maximum Gasteiger partial charge on any atom is 0.276 e. The summed E-state index contributed by atoms with van der Waals surface area (Å²) in [5, 5.41) is 3.25. The number of hydrogen-bond donors (Lipinski definition) is 3. The van der Waals surface area contributed by atoms with Gasteiger partial charge in [-0.15, -0.1) is 0 Å². The summed E-state index contributed by atoms with van der Waals surface area (Å²) in [6, 6.07) is 0. The first-order chi connectivity index (χ1) is 7.64. The maximum atomic E-state index is 11.4. The van der Waals surface area contributed by atoms with Gasteiger partial charge in [-0.3, -0.25) is 0 Å². The molecule has 1 saturated heterocycles. The standard InChI is InChI=1S/C9H21N3O3S/c1-15-6-5-11-16(13,14)12-8-9-3-2-4-10-7-9/h9-12H,2-8H2,1H3. The van der Waals surface area contributed by atoms with Crippen molar-refractivity contribution in [2.45, 2.75) is 12.8 Å². The van der Waals surface area contributed by atoms with Crippen LogP contribution in [-0.2, 0) is 14.9 Å².